The summed E-state index contributed by atoms with van der Waals surface area (Å²) in [6.45, 7) is 2.19. The molecule has 0 spiro atoms. The Labute approximate surface area is 91.5 Å². The first kappa shape index (κ1) is 12.2. The molecule has 1 aromatic carbocycles. The molecule has 1 atom stereocenters. The molecule has 0 saturated carbocycles. The maximum absolute atomic E-state index is 12.7. The van der Waals surface area contributed by atoms with Gasteiger partial charge in [-0.15, -0.1) is 0 Å². The van der Waals surface area contributed by atoms with E-state index in [1.54, 1.807) is 12.1 Å². The van der Waals surface area contributed by atoms with Gasteiger partial charge in [0.15, 0.2) is 0 Å². The monoisotopic (exact) mass is 209 g/mol. The summed E-state index contributed by atoms with van der Waals surface area (Å²) in [5, 5.41) is 0. The third kappa shape index (κ3) is 4.43. The van der Waals surface area contributed by atoms with Crippen LogP contribution in [0, 0.1) is 5.82 Å². The molecule has 0 radical (unpaired) electrons. The molecule has 0 fully saturated rings. The van der Waals surface area contributed by atoms with Gasteiger partial charge in [-0.3, -0.25) is 0 Å². The van der Waals surface area contributed by atoms with E-state index in [2.05, 4.69) is 6.92 Å². The highest BCUT2D eigenvalue weighted by Crippen LogP contribution is 2.17. The van der Waals surface area contributed by atoms with Crippen molar-refractivity contribution >= 4 is 0 Å². The van der Waals surface area contributed by atoms with Gasteiger partial charge in [-0.05, 0) is 24.1 Å². The second-order valence-corrected chi connectivity index (χ2v) is 4.01. The predicted octanol–water partition coefficient (Wildman–Crippen LogP) is 3.80. The molecule has 2 heteroatoms. The van der Waals surface area contributed by atoms with E-state index in [1.807, 2.05) is 0 Å². The molecule has 0 aromatic heterocycles. The number of hydrogen-bond donors (Lipinski definition) is 1. The smallest absolute Gasteiger partial charge is 0.123 e. The molecular formula is C13H20FN. The van der Waals surface area contributed by atoms with Crippen molar-refractivity contribution in [3.63, 3.8) is 0 Å². The Morgan fingerprint density at radius 2 is 1.80 bits per heavy atom. The first-order chi connectivity index (χ1) is 7.24. The SMILES string of the molecule is CCCCCCC(N)c1ccc(F)cc1. The summed E-state index contributed by atoms with van der Waals surface area (Å²) in [6.07, 6.45) is 5.91. The molecule has 0 amide bonds. The van der Waals surface area contributed by atoms with E-state index in [4.69, 9.17) is 5.73 Å². The van der Waals surface area contributed by atoms with Crippen LogP contribution >= 0.6 is 0 Å². The van der Waals surface area contributed by atoms with Gasteiger partial charge < -0.3 is 5.73 Å². The molecule has 0 saturated heterocycles. The van der Waals surface area contributed by atoms with Crippen LogP contribution in [0.15, 0.2) is 24.3 Å². The predicted molar refractivity (Wildman–Crippen MR) is 62.1 cm³/mol. The molecule has 1 aromatic rings. The molecule has 0 heterocycles. The Bertz CT molecular complexity index is 268. The van der Waals surface area contributed by atoms with Crippen molar-refractivity contribution in [3.05, 3.63) is 35.6 Å². The van der Waals surface area contributed by atoms with Gasteiger partial charge in [0.1, 0.15) is 5.82 Å². The molecule has 1 nitrogen and oxygen atoms in total. The molecular weight excluding hydrogens is 189 g/mol. The molecule has 0 aliphatic heterocycles. The zero-order valence-corrected chi connectivity index (χ0v) is 9.38. The lowest BCUT2D eigenvalue weighted by Gasteiger charge is -2.11. The van der Waals surface area contributed by atoms with Crippen molar-refractivity contribution < 1.29 is 4.39 Å². The van der Waals surface area contributed by atoms with Crippen LogP contribution in [0.5, 0.6) is 0 Å². The number of rotatable bonds is 6. The number of hydrogen-bond acceptors (Lipinski definition) is 1. The van der Waals surface area contributed by atoms with Gasteiger partial charge in [-0.1, -0.05) is 44.7 Å². The van der Waals surface area contributed by atoms with Crippen molar-refractivity contribution in [2.45, 2.75) is 45.1 Å². The van der Waals surface area contributed by atoms with Crippen LogP contribution in [0.25, 0.3) is 0 Å². The molecule has 0 bridgehead atoms. The summed E-state index contributed by atoms with van der Waals surface area (Å²) in [4.78, 5) is 0. The lowest BCUT2D eigenvalue weighted by Crippen LogP contribution is -2.09. The number of benzene rings is 1. The third-order valence-corrected chi connectivity index (χ3v) is 2.67. The van der Waals surface area contributed by atoms with Crippen LogP contribution in [0.3, 0.4) is 0 Å². The van der Waals surface area contributed by atoms with E-state index in [1.165, 1.54) is 31.4 Å². The maximum atomic E-state index is 12.7. The Balaban J connectivity index is 2.33. The van der Waals surface area contributed by atoms with Crippen molar-refractivity contribution in [3.8, 4) is 0 Å². The minimum atomic E-state index is -0.197. The van der Waals surface area contributed by atoms with Crippen molar-refractivity contribution in [1.82, 2.24) is 0 Å². The van der Waals surface area contributed by atoms with Crippen molar-refractivity contribution in [1.29, 1.82) is 0 Å². The van der Waals surface area contributed by atoms with Gasteiger partial charge in [0.25, 0.3) is 0 Å². The first-order valence-electron chi connectivity index (χ1n) is 5.75. The Morgan fingerprint density at radius 3 is 2.40 bits per heavy atom. The quantitative estimate of drug-likeness (QED) is 0.709. The number of halogens is 1. The van der Waals surface area contributed by atoms with Gasteiger partial charge >= 0.3 is 0 Å². The second kappa shape index (κ2) is 6.57. The second-order valence-electron chi connectivity index (χ2n) is 4.01. The molecule has 15 heavy (non-hydrogen) atoms. The Kier molecular flexibility index (Phi) is 5.33. The molecule has 2 N–H and O–H groups in total. The summed E-state index contributed by atoms with van der Waals surface area (Å²) < 4.78 is 12.7. The highest BCUT2D eigenvalue weighted by Gasteiger charge is 2.05. The summed E-state index contributed by atoms with van der Waals surface area (Å²) in [6, 6.07) is 6.56. The topological polar surface area (TPSA) is 26.0 Å². The van der Waals surface area contributed by atoms with Crippen LogP contribution in [0.1, 0.15) is 50.6 Å². The van der Waals surface area contributed by atoms with Gasteiger partial charge in [0.05, 0.1) is 0 Å². The van der Waals surface area contributed by atoms with E-state index in [-0.39, 0.29) is 11.9 Å². The van der Waals surface area contributed by atoms with Crippen molar-refractivity contribution in [2.24, 2.45) is 5.73 Å². The molecule has 1 unspecified atom stereocenters. The summed E-state index contributed by atoms with van der Waals surface area (Å²) >= 11 is 0. The normalized spacial score (nSPS) is 12.7. The fourth-order valence-corrected chi connectivity index (χ4v) is 1.67. The highest BCUT2D eigenvalue weighted by atomic mass is 19.1. The zero-order chi connectivity index (χ0) is 11.1. The van der Waals surface area contributed by atoms with E-state index in [0.29, 0.717) is 0 Å². The van der Waals surface area contributed by atoms with Crippen molar-refractivity contribution in [2.75, 3.05) is 0 Å². The number of unbranched alkanes of at least 4 members (excludes halogenated alkanes) is 3. The van der Waals surface area contributed by atoms with Gasteiger partial charge in [0, 0.05) is 6.04 Å². The van der Waals surface area contributed by atoms with Gasteiger partial charge in [-0.25, -0.2) is 4.39 Å². The lowest BCUT2D eigenvalue weighted by molar-refractivity contribution is 0.564. The Hall–Kier alpha value is -0.890. The average Bonchev–Trinajstić information content (AvgIpc) is 2.25. The molecule has 0 aliphatic carbocycles. The zero-order valence-electron chi connectivity index (χ0n) is 9.38. The van der Waals surface area contributed by atoms with E-state index in [9.17, 15) is 4.39 Å². The average molecular weight is 209 g/mol. The van der Waals surface area contributed by atoms with Gasteiger partial charge in [0.2, 0.25) is 0 Å². The van der Waals surface area contributed by atoms with Crippen LogP contribution in [0.2, 0.25) is 0 Å². The lowest BCUT2D eigenvalue weighted by atomic mass is 10.0. The van der Waals surface area contributed by atoms with Crippen LogP contribution < -0.4 is 5.73 Å². The standard InChI is InChI=1S/C13H20FN/c1-2-3-4-5-6-13(15)11-7-9-12(14)10-8-11/h7-10,13H,2-6,15H2,1H3. The maximum Gasteiger partial charge on any atom is 0.123 e. The fourth-order valence-electron chi connectivity index (χ4n) is 1.67. The summed E-state index contributed by atoms with van der Waals surface area (Å²) in [5.41, 5.74) is 7.04. The minimum Gasteiger partial charge on any atom is -0.324 e. The van der Waals surface area contributed by atoms with Crippen LogP contribution in [-0.4, -0.2) is 0 Å². The van der Waals surface area contributed by atoms with E-state index >= 15 is 0 Å². The first-order valence-corrected chi connectivity index (χ1v) is 5.75. The highest BCUT2D eigenvalue weighted by molar-refractivity contribution is 5.19. The largest absolute Gasteiger partial charge is 0.324 e. The number of nitrogens with two attached hydrogens (primary N) is 1. The van der Waals surface area contributed by atoms with Crippen LogP contribution in [-0.2, 0) is 0 Å². The molecule has 84 valence electrons. The Morgan fingerprint density at radius 1 is 1.13 bits per heavy atom. The summed E-state index contributed by atoms with van der Waals surface area (Å²) in [7, 11) is 0. The summed E-state index contributed by atoms with van der Waals surface area (Å²) in [5.74, 6) is -0.197. The molecule has 1 rings (SSSR count). The third-order valence-electron chi connectivity index (χ3n) is 2.67. The van der Waals surface area contributed by atoms with Gasteiger partial charge in [-0.2, -0.15) is 0 Å². The molecule has 0 aliphatic rings. The fraction of sp³-hybridized carbons (Fsp3) is 0.538. The minimum absolute atomic E-state index is 0.0578. The van der Waals surface area contributed by atoms with E-state index < -0.39 is 0 Å². The van der Waals surface area contributed by atoms with Crippen LogP contribution in [0.4, 0.5) is 4.39 Å². The van der Waals surface area contributed by atoms with E-state index in [0.717, 1.165) is 18.4 Å².